The van der Waals surface area contributed by atoms with Crippen molar-refractivity contribution in [1.82, 2.24) is 9.88 Å². The number of nitrogens with one attached hydrogen (secondary N) is 2. The Morgan fingerprint density at radius 1 is 0.553 bits per heavy atom. The number of sulfone groups is 1. The number of likely N-dealkylation sites (N-methyl/N-ethyl adjacent to an activating group) is 1. The van der Waals surface area contributed by atoms with Crippen LogP contribution in [-0.2, 0) is 71.8 Å². The van der Waals surface area contributed by atoms with Gasteiger partial charge in [-0.2, -0.15) is 5.26 Å². The van der Waals surface area contributed by atoms with Crippen LogP contribution in [0.15, 0.2) is 57.6 Å². The van der Waals surface area contributed by atoms with Crippen molar-refractivity contribution in [2.75, 3.05) is 123 Å². The number of hydrogen-bond donors (Lipinski definition) is 4. The molecule has 3 rings (SSSR count). The number of carbonyl (C=O) groups excluding carboxylic acids is 6. The second kappa shape index (κ2) is 50.0. The van der Waals surface area contributed by atoms with E-state index in [1.807, 2.05) is 42.2 Å². The predicted molar refractivity (Wildman–Crippen MR) is 351 cm³/mol. The molecule has 2 aromatic carbocycles. The van der Waals surface area contributed by atoms with E-state index in [0.29, 0.717) is 140 Å². The highest BCUT2D eigenvalue weighted by molar-refractivity contribution is 7.91. The minimum atomic E-state index is -3.99. The highest BCUT2D eigenvalue weighted by atomic mass is 32.2. The Morgan fingerprint density at radius 3 is 1.46 bits per heavy atom. The second-order valence-electron chi connectivity index (χ2n) is 22.1. The van der Waals surface area contributed by atoms with Gasteiger partial charge in [-0.25, -0.2) is 13.4 Å². The van der Waals surface area contributed by atoms with Crippen molar-refractivity contribution in [3.05, 3.63) is 53.6 Å². The average molecular weight is 1340 g/mol. The van der Waals surface area contributed by atoms with Gasteiger partial charge in [0.05, 0.1) is 65.2 Å². The highest BCUT2D eigenvalue weighted by Crippen LogP contribution is 2.41. The number of hydrogen-bond acceptors (Lipinski definition) is 26. The molecule has 0 unspecified atom stereocenters. The number of methoxy groups -OCH3 is 2. The number of unbranched alkanes of at least 4 members (excludes halogenated alkanes) is 12. The topological polar surface area (TPSA) is 349 Å². The molecule has 27 heteroatoms. The first-order chi connectivity index (χ1) is 45.6. The highest BCUT2D eigenvalue weighted by Gasteiger charge is 2.25. The van der Waals surface area contributed by atoms with Gasteiger partial charge < -0.3 is 63.5 Å². The first-order valence-corrected chi connectivity index (χ1v) is 34.6. The number of esters is 6. The quantitative estimate of drug-likeness (QED) is 0.0176. The van der Waals surface area contributed by atoms with Gasteiger partial charge in [0.25, 0.3) is 0 Å². The summed E-state index contributed by atoms with van der Waals surface area (Å²) in [4.78, 5) is 78.9. The fraction of sp³-hybridized carbons (Fsp3) is 0.642. The van der Waals surface area contributed by atoms with Crippen LogP contribution < -0.4 is 20.1 Å². The van der Waals surface area contributed by atoms with Crippen molar-refractivity contribution in [2.24, 2.45) is 10.2 Å². The van der Waals surface area contributed by atoms with Gasteiger partial charge in [0.2, 0.25) is 0 Å². The van der Waals surface area contributed by atoms with Crippen LogP contribution in [0.5, 0.6) is 11.5 Å². The molecule has 0 saturated carbocycles. The number of aromatic nitrogens is 1. The van der Waals surface area contributed by atoms with E-state index in [1.54, 1.807) is 6.92 Å². The maximum Gasteiger partial charge on any atom is 0.305 e. The van der Waals surface area contributed by atoms with Crippen LogP contribution in [0, 0.1) is 18.3 Å². The van der Waals surface area contributed by atoms with Crippen molar-refractivity contribution < 1.29 is 90.0 Å². The SMILES string of the molecule is CCN(CCOC(=O)CCCCCOC(=O)CCCCCOC(=O)CCCCCO)CCS(=O)(=O)c1cc(OC)c(N=Nc2c(Nc3ccccc3)nc(NCCOCCOC(=O)CCCCCOC(=O)CCCCCOC(=O)CCCCCO)c(C#N)c2C)cc1OC. The summed E-state index contributed by atoms with van der Waals surface area (Å²) in [7, 11) is -1.29. The molecule has 0 atom stereocenters. The third-order valence-corrected chi connectivity index (χ3v) is 16.4. The summed E-state index contributed by atoms with van der Waals surface area (Å²) in [6, 6.07) is 14.1. The van der Waals surface area contributed by atoms with Crippen LogP contribution in [0.1, 0.15) is 172 Å². The Labute approximate surface area is 554 Å². The standard InChI is InChI=1S/C67H101N7O19S/c1-5-74(36-45-92-63(81)33-19-11-25-42-90-61(79)31-17-9-23-40-88-59(77)29-15-7-21-38-75)37-48-94(83,84)58-50-56(85-3)55(49-57(58)86-4)72-73-65-52(2)54(51-68)66(71-67(65)70-53-27-13-6-14-28-53)69-35-44-87-46-47-93-64(82)34-20-12-26-43-91-62(80)32-18-10-24-41-89-60(78)30-16-8-22-39-76/h6,13-14,27-28,49-50,75-76H,5,7-12,15-26,29-48H2,1-4H3,(H2,69,70,71). The molecule has 0 radical (unpaired) electrons. The summed E-state index contributed by atoms with van der Waals surface area (Å²) >= 11 is 0. The molecule has 1 heterocycles. The molecule has 3 aromatic rings. The molecule has 0 aliphatic carbocycles. The predicted octanol–water partition coefficient (Wildman–Crippen LogP) is 10.6. The number of anilines is 3. The molecule has 524 valence electrons. The number of carbonyl (C=O) groups is 6. The zero-order chi connectivity index (χ0) is 68.4. The van der Waals surface area contributed by atoms with Crippen LogP contribution in [0.3, 0.4) is 0 Å². The normalized spacial score (nSPS) is 11.3. The van der Waals surface area contributed by atoms with Crippen molar-refractivity contribution in [1.29, 1.82) is 5.26 Å². The number of nitriles is 1. The third kappa shape index (κ3) is 35.1. The van der Waals surface area contributed by atoms with Gasteiger partial charge in [-0.05, 0) is 128 Å². The molecular formula is C67H101N7O19S. The zero-order valence-corrected chi connectivity index (χ0v) is 56.4. The van der Waals surface area contributed by atoms with E-state index in [0.717, 1.165) is 25.7 Å². The number of rotatable bonds is 55. The average Bonchev–Trinajstić information content (AvgIpc) is 0.805. The summed E-state index contributed by atoms with van der Waals surface area (Å²) in [5.41, 5.74) is 1.61. The molecule has 0 spiro atoms. The largest absolute Gasteiger partial charge is 0.495 e. The number of ether oxygens (including phenoxy) is 9. The lowest BCUT2D eigenvalue weighted by Crippen LogP contribution is -2.32. The molecule has 0 fully saturated rings. The lowest BCUT2D eigenvalue weighted by Gasteiger charge is -2.20. The first-order valence-electron chi connectivity index (χ1n) is 33.0. The van der Waals surface area contributed by atoms with Crippen LogP contribution in [-0.4, -0.2) is 177 Å². The zero-order valence-electron chi connectivity index (χ0n) is 55.6. The summed E-state index contributed by atoms with van der Waals surface area (Å²) in [5, 5.41) is 43.4. The molecular weight excluding hydrogens is 1240 g/mol. The van der Waals surface area contributed by atoms with Crippen molar-refractivity contribution in [3.8, 4) is 17.6 Å². The summed E-state index contributed by atoms with van der Waals surface area (Å²) in [6.07, 6.45) is 13.7. The molecule has 0 saturated heterocycles. The van der Waals surface area contributed by atoms with E-state index in [1.165, 1.54) is 26.4 Å². The number of nitrogens with zero attached hydrogens (tertiary/aromatic N) is 5. The van der Waals surface area contributed by atoms with Crippen LogP contribution >= 0.6 is 0 Å². The Balaban J connectivity index is 1.43. The van der Waals surface area contributed by atoms with E-state index < -0.39 is 9.84 Å². The van der Waals surface area contributed by atoms with Gasteiger partial charge >= 0.3 is 35.8 Å². The van der Waals surface area contributed by atoms with Crippen LogP contribution in [0.2, 0.25) is 0 Å². The number of para-hydroxylation sites is 1. The molecule has 0 amide bonds. The molecule has 0 aliphatic rings. The van der Waals surface area contributed by atoms with Gasteiger partial charge in [-0.1, -0.05) is 38.0 Å². The maximum atomic E-state index is 14.0. The number of benzene rings is 2. The third-order valence-electron chi connectivity index (χ3n) is 14.7. The lowest BCUT2D eigenvalue weighted by molar-refractivity contribution is -0.146. The van der Waals surface area contributed by atoms with Gasteiger partial charge in [0, 0.05) is 94.8 Å². The summed E-state index contributed by atoms with van der Waals surface area (Å²) in [6.45, 7) is 6.53. The Hall–Kier alpha value is -7.51. The Bertz CT molecular complexity index is 2890. The first kappa shape index (κ1) is 80.7. The van der Waals surface area contributed by atoms with Crippen LogP contribution in [0.25, 0.3) is 0 Å². The van der Waals surface area contributed by atoms with E-state index >= 15 is 0 Å². The summed E-state index contributed by atoms with van der Waals surface area (Å²) in [5.74, 6) is -1.54. The molecule has 26 nitrogen and oxygen atoms in total. The summed E-state index contributed by atoms with van der Waals surface area (Å²) < 4.78 is 76.6. The van der Waals surface area contributed by atoms with E-state index in [9.17, 15) is 42.4 Å². The van der Waals surface area contributed by atoms with Crippen molar-refractivity contribution in [3.63, 3.8) is 0 Å². The molecule has 0 aliphatic heterocycles. The molecule has 0 bridgehead atoms. The smallest absolute Gasteiger partial charge is 0.305 e. The van der Waals surface area contributed by atoms with Gasteiger partial charge in [-0.15, -0.1) is 10.2 Å². The van der Waals surface area contributed by atoms with Gasteiger partial charge in [0.1, 0.15) is 52.9 Å². The monoisotopic (exact) mass is 1340 g/mol. The Morgan fingerprint density at radius 2 is 1.01 bits per heavy atom. The lowest BCUT2D eigenvalue weighted by atomic mass is 10.1. The minimum absolute atomic E-state index is 0.00268. The van der Waals surface area contributed by atoms with Gasteiger partial charge in [-0.3, -0.25) is 33.7 Å². The second-order valence-corrected chi connectivity index (χ2v) is 24.1. The number of pyridine rings is 1. The Kier molecular flexibility index (Phi) is 42.9. The molecule has 1 aromatic heterocycles. The van der Waals surface area contributed by atoms with E-state index in [-0.39, 0.29) is 178 Å². The number of aliphatic hydroxyl groups is 2. The van der Waals surface area contributed by atoms with Crippen molar-refractivity contribution in [2.45, 2.75) is 173 Å². The fourth-order valence-electron chi connectivity index (χ4n) is 9.22. The van der Waals surface area contributed by atoms with E-state index in [2.05, 4.69) is 26.9 Å². The maximum absolute atomic E-state index is 14.0. The van der Waals surface area contributed by atoms with E-state index in [4.69, 9.17) is 57.8 Å². The van der Waals surface area contributed by atoms with Crippen LogP contribution in [0.4, 0.5) is 28.7 Å². The number of aliphatic hydroxyl groups excluding tert-OH is 2. The fourth-order valence-corrected chi connectivity index (χ4v) is 10.7. The molecule has 94 heavy (non-hydrogen) atoms. The minimum Gasteiger partial charge on any atom is -0.495 e. The molecule has 4 N–H and O–H groups in total. The van der Waals surface area contributed by atoms with Crippen molar-refractivity contribution >= 4 is 74.4 Å². The van der Waals surface area contributed by atoms with Gasteiger partial charge in [0.15, 0.2) is 15.7 Å². The number of azo groups is 1.